The number of nitrogens with one attached hydrogen (secondary N) is 3. The van der Waals surface area contributed by atoms with Crippen molar-refractivity contribution in [2.45, 2.75) is 57.9 Å². The van der Waals surface area contributed by atoms with Gasteiger partial charge in [0.05, 0.1) is 23.7 Å². The van der Waals surface area contributed by atoms with Gasteiger partial charge in [-0.1, -0.05) is 0 Å². The highest BCUT2D eigenvalue weighted by atomic mass is 19.3. The minimum Gasteiger partial charge on any atom is -0.433 e. The number of alkyl halides is 2. The van der Waals surface area contributed by atoms with Gasteiger partial charge >= 0.3 is 6.61 Å². The molecule has 2 heterocycles. The number of aldehydes is 1. The fourth-order valence-corrected chi connectivity index (χ4v) is 3.30. The van der Waals surface area contributed by atoms with Crippen LogP contribution in [-0.4, -0.2) is 58.9 Å². The smallest absolute Gasteiger partial charge is 0.387 e. The number of hydrogen-bond acceptors (Lipinski definition) is 8. The molecule has 2 atom stereocenters. The van der Waals surface area contributed by atoms with E-state index in [0.717, 1.165) is 19.0 Å². The average molecular weight is 450 g/mol. The van der Waals surface area contributed by atoms with Crippen LogP contribution in [-0.2, 0) is 0 Å². The third kappa shape index (κ3) is 7.31. The average Bonchev–Trinajstić information content (AvgIpc) is 3.18. The van der Waals surface area contributed by atoms with Gasteiger partial charge in [0.25, 0.3) is 0 Å². The van der Waals surface area contributed by atoms with Gasteiger partial charge in [-0.25, -0.2) is 0 Å². The minimum absolute atomic E-state index is 0.0252. The topological polar surface area (TPSA) is 120 Å². The number of hydrogen-bond donors (Lipinski definition) is 4. The van der Waals surface area contributed by atoms with Gasteiger partial charge in [-0.05, 0) is 52.3 Å². The Morgan fingerprint density at radius 3 is 2.56 bits per heavy atom. The standard InChI is InChI=1S/C16H16F2N4O2.C6H13NO/c1-9(2)22-13-3-10(8-23)5-21-15(13)14(19)11-4-12(7-20-6-11)24-16(17)18;1-7-5-3-2-4-6(5)8/h3-9,16,19,22H,1-2H3;5-8H,2-4H2,1H3. The highest BCUT2D eigenvalue weighted by Gasteiger charge is 2.22. The molecule has 4 N–H and O–H groups in total. The first-order valence-corrected chi connectivity index (χ1v) is 10.3. The summed E-state index contributed by atoms with van der Waals surface area (Å²) in [4.78, 5) is 18.9. The fraction of sp³-hybridized carbons (Fsp3) is 0.455. The lowest BCUT2D eigenvalue weighted by atomic mass is 10.1. The van der Waals surface area contributed by atoms with Gasteiger partial charge in [0.1, 0.15) is 11.4 Å². The first kappa shape index (κ1) is 25.3. The van der Waals surface area contributed by atoms with Crippen molar-refractivity contribution in [3.63, 3.8) is 0 Å². The van der Waals surface area contributed by atoms with Crippen molar-refractivity contribution >= 4 is 17.7 Å². The SMILES string of the molecule is CC(C)Nc1cc(C=O)cnc1C(=N)c1cncc(OC(F)F)c1.CNC1CCCC1O. The van der Waals surface area contributed by atoms with E-state index >= 15 is 0 Å². The van der Waals surface area contributed by atoms with Gasteiger partial charge in [-0.15, -0.1) is 0 Å². The van der Waals surface area contributed by atoms with Crippen LogP contribution >= 0.6 is 0 Å². The molecule has 0 aromatic carbocycles. The third-order valence-corrected chi connectivity index (χ3v) is 4.80. The van der Waals surface area contributed by atoms with E-state index < -0.39 is 6.61 Å². The summed E-state index contributed by atoms with van der Waals surface area (Å²) in [7, 11) is 1.90. The summed E-state index contributed by atoms with van der Waals surface area (Å²) >= 11 is 0. The predicted molar refractivity (Wildman–Crippen MR) is 118 cm³/mol. The molecule has 32 heavy (non-hydrogen) atoms. The van der Waals surface area contributed by atoms with Crippen molar-refractivity contribution in [1.29, 1.82) is 5.41 Å². The molecule has 0 bridgehead atoms. The Morgan fingerprint density at radius 2 is 2.03 bits per heavy atom. The van der Waals surface area contributed by atoms with Crippen molar-refractivity contribution in [1.82, 2.24) is 15.3 Å². The summed E-state index contributed by atoms with van der Waals surface area (Å²) in [5.41, 5.74) is 1.39. The number of nitrogens with zero attached hydrogens (tertiary/aromatic N) is 2. The number of aliphatic hydroxyl groups is 1. The number of carbonyl (C=O) groups is 1. The predicted octanol–water partition coefficient (Wildman–Crippen LogP) is 3.25. The van der Waals surface area contributed by atoms with Crippen molar-refractivity contribution < 1.29 is 23.4 Å². The number of carbonyl (C=O) groups excluding carboxylic acids is 1. The summed E-state index contributed by atoms with van der Waals surface area (Å²) in [6, 6.07) is 3.29. The Bertz CT molecular complexity index is 911. The lowest BCUT2D eigenvalue weighted by Gasteiger charge is -2.15. The quantitative estimate of drug-likeness (QED) is 0.361. The molecular weight excluding hydrogens is 420 g/mol. The van der Waals surface area contributed by atoms with Crippen molar-refractivity contribution in [2.24, 2.45) is 0 Å². The van der Waals surface area contributed by atoms with Gasteiger partial charge in [-0.2, -0.15) is 8.78 Å². The number of halogens is 2. The third-order valence-electron chi connectivity index (χ3n) is 4.80. The molecule has 2 aromatic rings. The van der Waals surface area contributed by atoms with E-state index in [4.69, 9.17) is 10.5 Å². The lowest BCUT2D eigenvalue weighted by Crippen LogP contribution is -2.32. The first-order chi connectivity index (χ1) is 15.2. The van der Waals surface area contributed by atoms with Crippen molar-refractivity contribution in [2.75, 3.05) is 12.4 Å². The molecule has 1 aliphatic carbocycles. The maximum absolute atomic E-state index is 12.3. The van der Waals surface area contributed by atoms with Crippen LogP contribution in [0, 0.1) is 5.41 Å². The highest BCUT2D eigenvalue weighted by Crippen LogP contribution is 2.22. The Morgan fingerprint density at radius 1 is 1.28 bits per heavy atom. The molecule has 0 aliphatic heterocycles. The second kappa shape index (κ2) is 12.2. The van der Waals surface area contributed by atoms with Crippen LogP contribution in [0.25, 0.3) is 0 Å². The van der Waals surface area contributed by atoms with Gasteiger partial charge in [0.15, 0.2) is 6.29 Å². The van der Waals surface area contributed by atoms with E-state index in [1.165, 1.54) is 24.9 Å². The number of ether oxygens (including phenoxy) is 1. The lowest BCUT2D eigenvalue weighted by molar-refractivity contribution is -0.0500. The molecule has 8 nitrogen and oxygen atoms in total. The van der Waals surface area contributed by atoms with E-state index in [0.29, 0.717) is 23.6 Å². The van der Waals surface area contributed by atoms with Crippen LogP contribution in [0.2, 0.25) is 0 Å². The number of anilines is 1. The normalized spacial score (nSPS) is 17.6. The van der Waals surface area contributed by atoms with Gasteiger partial charge in [0, 0.05) is 35.6 Å². The van der Waals surface area contributed by atoms with Crippen LogP contribution in [0.4, 0.5) is 14.5 Å². The summed E-state index contributed by atoms with van der Waals surface area (Å²) in [6.07, 6.45) is 7.70. The number of aromatic nitrogens is 2. The molecular formula is C22H29F2N5O3. The maximum atomic E-state index is 12.3. The summed E-state index contributed by atoms with van der Waals surface area (Å²) < 4.78 is 28.9. The van der Waals surface area contributed by atoms with Crippen LogP contribution in [0.5, 0.6) is 5.75 Å². The number of likely N-dealkylation sites (N-methyl/N-ethyl adjacent to an activating group) is 1. The second-order valence-electron chi connectivity index (χ2n) is 7.64. The number of pyridine rings is 2. The zero-order chi connectivity index (χ0) is 23.7. The van der Waals surface area contributed by atoms with Gasteiger partial charge < -0.3 is 20.5 Å². The molecule has 1 fully saturated rings. The monoisotopic (exact) mass is 449 g/mol. The van der Waals surface area contributed by atoms with E-state index in [2.05, 4.69) is 25.3 Å². The summed E-state index contributed by atoms with van der Waals surface area (Å²) in [6.45, 7) is 0.832. The molecule has 0 amide bonds. The molecule has 3 rings (SSSR count). The van der Waals surface area contributed by atoms with Gasteiger partial charge in [0.2, 0.25) is 0 Å². The Labute approximate surface area is 185 Å². The molecule has 2 aromatic heterocycles. The maximum Gasteiger partial charge on any atom is 0.387 e. The van der Waals surface area contributed by atoms with E-state index in [-0.39, 0.29) is 34.9 Å². The number of aliphatic hydroxyl groups excluding tert-OH is 1. The molecule has 1 saturated carbocycles. The van der Waals surface area contributed by atoms with Gasteiger partial charge in [-0.3, -0.25) is 20.2 Å². The molecule has 10 heteroatoms. The largest absolute Gasteiger partial charge is 0.433 e. The van der Waals surface area contributed by atoms with E-state index in [9.17, 15) is 13.6 Å². The zero-order valence-corrected chi connectivity index (χ0v) is 18.3. The molecule has 0 spiro atoms. The second-order valence-corrected chi connectivity index (χ2v) is 7.64. The number of rotatable bonds is 8. The Kier molecular flexibility index (Phi) is 9.61. The fourth-order valence-electron chi connectivity index (χ4n) is 3.30. The molecule has 0 radical (unpaired) electrons. The molecule has 174 valence electrons. The van der Waals surface area contributed by atoms with Crippen molar-refractivity contribution in [3.8, 4) is 5.75 Å². The summed E-state index contributed by atoms with van der Waals surface area (Å²) in [5.74, 6) is -0.143. The van der Waals surface area contributed by atoms with Crippen LogP contribution in [0.15, 0.2) is 30.7 Å². The molecule has 2 unspecified atom stereocenters. The van der Waals surface area contributed by atoms with E-state index in [1.54, 1.807) is 6.07 Å². The Hall–Kier alpha value is -2.98. The molecule has 0 saturated heterocycles. The summed E-state index contributed by atoms with van der Waals surface area (Å²) in [5, 5.41) is 23.6. The van der Waals surface area contributed by atoms with Crippen LogP contribution in [0.3, 0.4) is 0 Å². The minimum atomic E-state index is -2.97. The Balaban J connectivity index is 0.000000380. The first-order valence-electron chi connectivity index (χ1n) is 10.3. The van der Waals surface area contributed by atoms with Crippen LogP contribution < -0.4 is 15.4 Å². The van der Waals surface area contributed by atoms with Crippen LogP contribution in [0.1, 0.15) is 54.7 Å². The highest BCUT2D eigenvalue weighted by molar-refractivity contribution is 6.13. The zero-order valence-electron chi connectivity index (χ0n) is 18.3. The van der Waals surface area contributed by atoms with Crippen molar-refractivity contribution in [3.05, 3.63) is 47.5 Å². The van der Waals surface area contributed by atoms with E-state index in [1.807, 2.05) is 20.9 Å². The molecule has 1 aliphatic rings.